The second-order valence-corrected chi connectivity index (χ2v) is 4.43. The third-order valence-electron chi connectivity index (χ3n) is 3.23. The maximum atomic E-state index is 11.2. The van der Waals surface area contributed by atoms with Crippen LogP contribution < -0.4 is 4.74 Å². The number of carboxylic acid groups (broad SMARTS) is 1. The summed E-state index contributed by atoms with van der Waals surface area (Å²) in [6.07, 6.45) is 2.39. The summed E-state index contributed by atoms with van der Waals surface area (Å²) < 4.78 is 4.94. The first-order valence-electron chi connectivity index (χ1n) is 5.60. The molecular formula is C11H13N3O3. The van der Waals surface area contributed by atoms with Gasteiger partial charge >= 0.3 is 12.0 Å². The van der Waals surface area contributed by atoms with Crippen LogP contribution in [0.15, 0.2) is 0 Å². The van der Waals surface area contributed by atoms with Crippen molar-refractivity contribution < 1.29 is 14.6 Å². The molecule has 0 radical (unpaired) electrons. The maximum absolute atomic E-state index is 11.2. The summed E-state index contributed by atoms with van der Waals surface area (Å²) in [7, 11) is 1.45. The van der Waals surface area contributed by atoms with Gasteiger partial charge in [0.1, 0.15) is 0 Å². The largest absolute Gasteiger partial charge is 0.476 e. The molecule has 3 rings (SSSR count). The second-order valence-electron chi connectivity index (χ2n) is 4.43. The number of methoxy groups -OCH3 is 1. The van der Waals surface area contributed by atoms with Crippen LogP contribution in [0.25, 0.3) is 0 Å². The molecule has 90 valence electrons. The van der Waals surface area contributed by atoms with Gasteiger partial charge in [0.2, 0.25) is 0 Å². The van der Waals surface area contributed by atoms with E-state index in [4.69, 9.17) is 9.84 Å². The quantitative estimate of drug-likeness (QED) is 0.829. The zero-order valence-electron chi connectivity index (χ0n) is 9.51. The number of ether oxygens (including phenoxy) is 1. The number of rotatable bonds is 3. The Labute approximate surface area is 98.2 Å². The number of carbonyl (C=O) groups is 1. The minimum atomic E-state index is -1.01. The number of hydrogen-bond donors (Lipinski definition) is 1. The van der Waals surface area contributed by atoms with Crippen LogP contribution in [-0.2, 0) is 13.1 Å². The van der Waals surface area contributed by atoms with Gasteiger partial charge in [0, 0.05) is 24.7 Å². The Kier molecular flexibility index (Phi) is 2.25. The van der Waals surface area contributed by atoms with Gasteiger partial charge in [0.25, 0.3) is 0 Å². The molecule has 1 fully saturated rings. The van der Waals surface area contributed by atoms with Crippen molar-refractivity contribution in [1.82, 2.24) is 14.9 Å². The Morgan fingerprint density at radius 2 is 2.18 bits per heavy atom. The fourth-order valence-electron chi connectivity index (χ4n) is 2.22. The first-order chi connectivity index (χ1) is 8.19. The average molecular weight is 235 g/mol. The van der Waals surface area contributed by atoms with E-state index in [9.17, 15) is 4.79 Å². The zero-order valence-corrected chi connectivity index (χ0v) is 9.51. The van der Waals surface area contributed by atoms with Gasteiger partial charge in [-0.2, -0.15) is 9.97 Å². The molecule has 1 aliphatic carbocycles. The van der Waals surface area contributed by atoms with Gasteiger partial charge in [0.15, 0.2) is 5.69 Å². The minimum Gasteiger partial charge on any atom is -0.476 e. The molecule has 2 aliphatic rings. The lowest BCUT2D eigenvalue weighted by molar-refractivity contribution is 0.0687. The normalized spacial score (nSPS) is 19.1. The van der Waals surface area contributed by atoms with Crippen LogP contribution >= 0.6 is 0 Å². The van der Waals surface area contributed by atoms with Gasteiger partial charge in [-0.3, -0.25) is 4.90 Å². The lowest BCUT2D eigenvalue weighted by Gasteiger charge is -2.11. The Balaban J connectivity index is 2.00. The van der Waals surface area contributed by atoms with E-state index < -0.39 is 5.97 Å². The molecule has 0 atom stereocenters. The van der Waals surface area contributed by atoms with Crippen LogP contribution in [0, 0.1) is 0 Å². The van der Waals surface area contributed by atoms with Crippen LogP contribution in [0.4, 0.5) is 0 Å². The molecule has 2 heterocycles. The Morgan fingerprint density at radius 3 is 2.76 bits per heavy atom. The summed E-state index contributed by atoms with van der Waals surface area (Å²) in [6, 6.07) is 0.732. The average Bonchev–Trinajstić information content (AvgIpc) is 3.07. The SMILES string of the molecule is COc1nc2c(c(C(=O)O)n1)CN(C1CC1)C2. The van der Waals surface area contributed by atoms with Gasteiger partial charge in [-0.15, -0.1) is 0 Å². The van der Waals surface area contributed by atoms with E-state index in [0.29, 0.717) is 19.1 Å². The highest BCUT2D eigenvalue weighted by Gasteiger charge is 2.36. The molecule has 0 aromatic carbocycles. The van der Waals surface area contributed by atoms with Crippen LogP contribution in [0.2, 0.25) is 0 Å². The topological polar surface area (TPSA) is 75.5 Å². The van der Waals surface area contributed by atoms with Crippen molar-refractivity contribution in [2.75, 3.05) is 7.11 Å². The van der Waals surface area contributed by atoms with E-state index in [0.717, 1.165) is 11.3 Å². The van der Waals surface area contributed by atoms with Gasteiger partial charge in [-0.1, -0.05) is 0 Å². The predicted octanol–water partition coefficient (Wildman–Crippen LogP) is 0.661. The standard InChI is InChI=1S/C11H13N3O3/c1-17-11-12-8-5-14(6-2-3-6)4-7(8)9(13-11)10(15)16/h6H,2-5H2,1H3,(H,15,16). The summed E-state index contributed by atoms with van der Waals surface area (Å²) in [5.74, 6) is -1.01. The van der Waals surface area contributed by atoms with Crippen molar-refractivity contribution in [2.45, 2.75) is 32.0 Å². The number of nitrogens with zero attached hydrogens (tertiary/aromatic N) is 3. The van der Waals surface area contributed by atoms with Crippen molar-refractivity contribution in [3.63, 3.8) is 0 Å². The third kappa shape index (κ3) is 1.74. The highest BCUT2D eigenvalue weighted by Crippen LogP contribution is 2.35. The molecule has 1 aliphatic heterocycles. The number of aromatic carboxylic acids is 1. The van der Waals surface area contributed by atoms with Crippen LogP contribution in [0.5, 0.6) is 6.01 Å². The van der Waals surface area contributed by atoms with Crippen molar-refractivity contribution in [2.24, 2.45) is 0 Å². The van der Waals surface area contributed by atoms with E-state index in [-0.39, 0.29) is 11.7 Å². The molecule has 6 nitrogen and oxygen atoms in total. The molecule has 17 heavy (non-hydrogen) atoms. The molecule has 0 saturated heterocycles. The maximum Gasteiger partial charge on any atom is 0.355 e. The molecular weight excluding hydrogens is 222 g/mol. The minimum absolute atomic E-state index is 0.0787. The van der Waals surface area contributed by atoms with E-state index in [1.807, 2.05) is 0 Å². The van der Waals surface area contributed by atoms with Crippen molar-refractivity contribution in [1.29, 1.82) is 0 Å². The number of carboxylic acids is 1. The molecule has 6 heteroatoms. The summed E-state index contributed by atoms with van der Waals surface area (Å²) in [5.41, 5.74) is 1.61. The van der Waals surface area contributed by atoms with Gasteiger partial charge in [-0.05, 0) is 12.8 Å². The zero-order chi connectivity index (χ0) is 12.0. The van der Waals surface area contributed by atoms with Crippen molar-refractivity contribution >= 4 is 5.97 Å². The number of hydrogen-bond acceptors (Lipinski definition) is 5. The van der Waals surface area contributed by atoms with Crippen molar-refractivity contribution in [3.05, 3.63) is 17.0 Å². The van der Waals surface area contributed by atoms with E-state index in [1.165, 1.54) is 20.0 Å². The molecule has 0 amide bonds. The number of fused-ring (bicyclic) bond motifs is 1. The van der Waals surface area contributed by atoms with E-state index in [2.05, 4.69) is 14.9 Å². The molecule has 0 spiro atoms. The Bertz CT molecular complexity index is 485. The summed E-state index contributed by atoms with van der Waals surface area (Å²) >= 11 is 0. The first-order valence-corrected chi connectivity index (χ1v) is 5.60. The third-order valence-corrected chi connectivity index (χ3v) is 3.23. The van der Waals surface area contributed by atoms with Crippen molar-refractivity contribution in [3.8, 4) is 6.01 Å². The smallest absolute Gasteiger partial charge is 0.355 e. The lowest BCUT2D eigenvalue weighted by Crippen LogP contribution is -2.18. The number of aromatic nitrogens is 2. The second kappa shape index (κ2) is 3.66. The van der Waals surface area contributed by atoms with E-state index >= 15 is 0 Å². The molecule has 0 bridgehead atoms. The van der Waals surface area contributed by atoms with Gasteiger partial charge < -0.3 is 9.84 Å². The van der Waals surface area contributed by atoms with Gasteiger partial charge in [-0.25, -0.2) is 4.79 Å². The molecule has 1 aromatic rings. The molecule has 1 N–H and O–H groups in total. The molecule has 1 aromatic heterocycles. The van der Waals surface area contributed by atoms with E-state index in [1.54, 1.807) is 0 Å². The summed E-state index contributed by atoms with van der Waals surface area (Å²) in [4.78, 5) is 21.6. The summed E-state index contributed by atoms with van der Waals surface area (Å²) in [6.45, 7) is 1.35. The predicted molar refractivity (Wildman–Crippen MR) is 57.8 cm³/mol. The lowest BCUT2D eigenvalue weighted by atomic mass is 10.2. The Hall–Kier alpha value is -1.69. The fourth-order valence-corrected chi connectivity index (χ4v) is 2.22. The highest BCUT2D eigenvalue weighted by molar-refractivity contribution is 5.87. The summed E-state index contributed by atoms with van der Waals surface area (Å²) in [5, 5.41) is 9.15. The first kappa shape index (κ1) is 10.5. The van der Waals surface area contributed by atoms with Crippen LogP contribution in [0.1, 0.15) is 34.6 Å². The Morgan fingerprint density at radius 1 is 1.41 bits per heavy atom. The fraction of sp³-hybridized carbons (Fsp3) is 0.545. The van der Waals surface area contributed by atoms with Crippen LogP contribution in [-0.4, -0.2) is 39.1 Å². The molecule has 1 saturated carbocycles. The van der Waals surface area contributed by atoms with Crippen LogP contribution in [0.3, 0.4) is 0 Å². The molecule has 0 unspecified atom stereocenters. The monoisotopic (exact) mass is 235 g/mol. The highest BCUT2D eigenvalue weighted by atomic mass is 16.5. The van der Waals surface area contributed by atoms with Gasteiger partial charge in [0.05, 0.1) is 12.8 Å².